The van der Waals surface area contributed by atoms with Gasteiger partial charge in [-0.25, -0.2) is 4.79 Å². The number of aliphatic hydroxyl groups is 1. The van der Waals surface area contributed by atoms with Gasteiger partial charge in [0.1, 0.15) is 0 Å². The summed E-state index contributed by atoms with van der Waals surface area (Å²) in [4.78, 5) is 25.8. The highest BCUT2D eigenvalue weighted by molar-refractivity contribution is 6.42. The first kappa shape index (κ1) is 15.1. The van der Waals surface area contributed by atoms with Gasteiger partial charge in [0.2, 0.25) is 0 Å². The number of hydrogen-bond acceptors (Lipinski definition) is 3. The molecule has 0 saturated heterocycles. The van der Waals surface area contributed by atoms with E-state index >= 15 is 0 Å². The lowest BCUT2D eigenvalue weighted by Gasteiger charge is -2.26. The Bertz CT molecular complexity index is 690. The average molecular weight is 342 g/mol. The molecule has 0 spiro atoms. The molecule has 0 aliphatic carbocycles. The van der Waals surface area contributed by atoms with Crippen LogP contribution in [0, 0.1) is 0 Å². The summed E-state index contributed by atoms with van der Waals surface area (Å²) in [6.45, 7) is 0.324. The lowest BCUT2D eigenvalue weighted by atomic mass is 9.96. The van der Waals surface area contributed by atoms with E-state index in [0.29, 0.717) is 26.9 Å². The number of carbonyl (C=O) groups is 2. The molecule has 6 nitrogen and oxygen atoms in total. The van der Waals surface area contributed by atoms with Crippen LogP contribution in [0.2, 0.25) is 10.0 Å². The first-order valence-electron chi connectivity index (χ1n) is 6.67. The first-order chi connectivity index (χ1) is 10.5. The molecule has 0 fully saturated rings. The van der Waals surface area contributed by atoms with Gasteiger partial charge in [-0.2, -0.15) is 0 Å². The molecular formula is C14H13Cl2N3O3. The molecule has 0 aromatic heterocycles. The lowest BCUT2D eigenvalue weighted by molar-refractivity contribution is -0.126. The summed E-state index contributed by atoms with van der Waals surface area (Å²) in [5.74, 6) is -0.238. The number of carbonyl (C=O) groups excluding carboxylic acids is 2. The summed E-state index contributed by atoms with van der Waals surface area (Å²) in [5.41, 5.74) is 1.52. The second kappa shape index (κ2) is 5.79. The van der Waals surface area contributed by atoms with Crippen molar-refractivity contribution in [1.29, 1.82) is 0 Å². The Labute approximate surface area is 136 Å². The van der Waals surface area contributed by atoms with Gasteiger partial charge in [-0.1, -0.05) is 35.3 Å². The molecule has 3 N–H and O–H groups in total. The van der Waals surface area contributed by atoms with Crippen molar-refractivity contribution in [3.05, 3.63) is 45.1 Å². The largest absolute Gasteiger partial charge is 0.395 e. The predicted molar refractivity (Wildman–Crippen MR) is 81.6 cm³/mol. The standard InChI is InChI=1S/C14H13Cl2N3O3/c15-8-3-1-2-7(11(8)16)12-10-9(17-14(22)18-12)6-19(4-5-20)13(10)21/h1-3,12,20H,4-6H2,(H2,17,18,22). The molecule has 2 heterocycles. The van der Waals surface area contributed by atoms with Crippen LogP contribution in [0.1, 0.15) is 11.6 Å². The van der Waals surface area contributed by atoms with Crippen LogP contribution < -0.4 is 10.6 Å². The number of aliphatic hydroxyl groups excluding tert-OH is 1. The van der Waals surface area contributed by atoms with Gasteiger partial charge in [-0.05, 0) is 11.6 Å². The molecule has 1 aromatic carbocycles. The normalized spacial score (nSPS) is 20.9. The monoisotopic (exact) mass is 341 g/mol. The quantitative estimate of drug-likeness (QED) is 0.777. The third-order valence-corrected chi connectivity index (χ3v) is 4.52. The van der Waals surface area contributed by atoms with Crippen molar-refractivity contribution in [2.24, 2.45) is 0 Å². The van der Waals surface area contributed by atoms with Gasteiger partial charge >= 0.3 is 6.03 Å². The van der Waals surface area contributed by atoms with Crippen molar-refractivity contribution in [1.82, 2.24) is 15.5 Å². The average Bonchev–Trinajstić information content (AvgIpc) is 2.78. The van der Waals surface area contributed by atoms with E-state index in [1.165, 1.54) is 4.90 Å². The number of halogens is 2. The fraction of sp³-hybridized carbons (Fsp3) is 0.286. The van der Waals surface area contributed by atoms with Gasteiger partial charge in [0.05, 0.1) is 40.5 Å². The summed E-state index contributed by atoms with van der Waals surface area (Å²) in [5, 5.41) is 15.0. The summed E-state index contributed by atoms with van der Waals surface area (Å²) >= 11 is 12.2. The molecule has 2 aliphatic heterocycles. The number of benzene rings is 1. The van der Waals surface area contributed by atoms with Crippen LogP contribution in [-0.2, 0) is 4.79 Å². The zero-order valence-electron chi connectivity index (χ0n) is 11.4. The summed E-state index contributed by atoms with van der Waals surface area (Å²) in [6, 6.07) is 4.00. The number of hydrogen-bond donors (Lipinski definition) is 3. The SMILES string of the molecule is O=C1NC2=C(C(=O)N(CCO)C2)C(c2cccc(Cl)c2Cl)N1. The van der Waals surface area contributed by atoms with E-state index in [9.17, 15) is 9.59 Å². The fourth-order valence-electron chi connectivity index (χ4n) is 2.71. The fourth-order valence-corrected chi connectivity index (χ4v) is 3.12. The van der Waals surface area contributed by atoms with Crippen molar-refractivity contribution < 1.29 is 14.7 Å². The molecule has 0 saturated carbocycles. The van der Waals surface area contributed by atoms with E-state index in [1.807, 2.05) is 0 Å². The second-order valence-electron chi connectivity index (χ2n) is 5.02. The molecule has 1 aromatic rings. The minimum absolute atomic E-state index is 0.143. The molecule has 2 aliphatic rings. The zero-order chi connectivity index (χ0) is 15.9. The van der Waals surface area contributed by atoms with E-state index in [2.05, 4.69) is 10.6 Å². The number of β-amino-alcohol motifs (C(OH)–C–C–N with tert-alkyl or cyclic N) is 1. The number of amides is 3. The van der Waals surface area contributed by atoms with Gasteiger partial charge < -0.3 is 20.6 Å². The van der Waals surface area contributed by atoms with Gasteiger partial charge in [0.15, 0.2) is 0 Å². The van der Waals surface area contributed by atoms with E-state index in [4.69, 9.17) is 28.3 Å². The zero-order valence-corrected chi connectivity index (χ0v) is 12.9. The first-order valence-corrected chi connectivity index (χ1v) is 7.43. The maximum Gasteiger partial charge on any atom is 0.319 e. The van der Waals surface area contributed by atoms with Crippen molar-refractivity contribution in [3.63, 3.8) is 0 Å². The summed E-state index contributed by atoms with van der Waals surface area (Å²) < 4.78 is 0. The van der Waals surface area contributed by atoms with Gasteiger partial charge in [-0.3, -0.25) is 4.79 Å². The molecule has 8 heteroatoms. The molecule has 116 valence electrons. The van der Waals surface area contributed by atoms with Gasteiger partial charge in [0.25, 0.3) is 5.91 Å². The van der Waals surface area contributed by atoms with Crippen LogP contribution >= 0.6 is 23.2 Å². The molecule has 3 amide bonds. The minimum atomic E-state index is -0.661. The Hall–Kier alpha value is -1.76. The van der Waals surface area contributed by atoms with E-state index in [-0.39, 0.29) is 25.6 Å². The third-order valence-electron chi connectivity index (χ3n) is 3.68. The Morgan fingerprint density at radius 3 is 2.82 bits per heavy atom. The van der Waals surface area contributed by atoms with Crippen LogP contribution in [0.4, 0.5) is 4.79 Å². The summed E-state index contributed by atoms with van der Waals surface area (Å²) in [6.07, 6.45) is 0. The number of rotatable bonds is 3. The second-order valence-corrected chi connectivity index (χ2v) is 5.80. The highest BCUT2D eigenvalue weighted by atomic mass is 35.5. The minimum Gasteiger partial charge on any atom is -0.395 e. The van der Waals surface area contributed by atoms with Gasteiger partial charge in [0, 0.05) is 6.54 Å². The Morgan fingerprint density at radius 2 is 2.09 bits per heavy atom. The lowest BCUT2D eigenvalue weighted by Crippen LogP contribution is -2.44. The third kappa shape index (κ3) is 2.43. The molecular weight excluding hydrogens is 329 g/mol. The van der Waals surface area contributed by atoms with Crippen LogP contribution in [0.15, 0.2) is 29.5 Å². The maximum absolute atomic E-state index is 12.5. The van der Waals surface area contributed by atoms with Crippen molar-refractivity contribution >= 4 is 35.1 Å². The van der Waals surface area contributed by atoms with Gasteiger partial charge in [-0.15, -0.1) is 0 Å². The van der Waals surface area contributed by atoms with Crippen LogP contribution in [0.5, 0.6) is 0 Å². The van der Waals surface area contributed by atoms with E-state index in [1.54, 1.807) is 18.2 Å². The highest BCUT2D eigenvalue weighted by Crippen LogP contribution is 2.37. The molecule has 0 radical (unpaired) electrons. The molecule has 3 rings (SSSR count). The molecule has 22 heavy (non-hydrogen) atoms. The van der Waals surface area contributed by atoms with Crippen molar-refractivity contribution in [3.8, 4) is 0 Å². The van der Waals surface area contributed by atoms with E-state index in [0.717, 1.165) is 0 Å². The Morgan fingerprint density at radius 1 is 1.32 bits per heavy atom. The van der Waals surface area contributed by atoms with Crippen LogP contribution in [-0.4, -0.2) is 41.6 Å². The van der Waals surface area contributed by atoms with E-state index < -0.39 is 12.1 Å². The number of nitrogens with zero attached hydrogens (tertiary/aromatic N) is 1. The Balaban J connectivity index is 2.04. The molecule has 1 atom stereocenters. The number of urea groups is 1. The van der Waals surface area contributed by atoms with Crippen LogP contribution in [0.25, 0.3) is 0 Å². The van der Waals surface area contributed by atoms with Crippen molar-refractivity contribution in [2.45, 2.75) is 6.04 Å². The molecule has 1 unspecified atom stereocenters. The number of nitrogens with one attached hydrogen (secondary N) is 2. The maximum atomic E-state index is 12.5. The molecule has 0 bridgehead atoms. The van der Waals surface area contributed by atoms with Crippen LogP contribution in [0.3, 0.4) is 0 Å². The smallest absolute Gasteiger partial charge is 0.319 e. The van der Waals surface area contributed by atoms with Crippen molar-refractivity contribution in [2.75, 3.05) is 19.7 Å². The predicted octanol–water partition coefficient (Wildman–Crippen LogP) is 1.44. The Kier molecular flexibility index (Phi) is 3.99. The topological polar surface area (TPSA) is 81.7 Å². The highest BCUT2D eigenvalue weighted by Gasteiger charge is 2.40. The summed E-state index contributed by atoms with van der Waals surface area (Å²) in [7, 11) is 0.